The van der Waals surface area contributed by atoms with Crippen molar-refractivity contribution in [3.8, 4) is 6.07 Å². The molecule has 0 aliphatic carbocycles. The number of aliphatic hydroxyl groups excluding tert-OH is 1. The number of hydrogen-bond acceptors (Lipinski definition) is 6. The minimum atomic E-state index is -0.527. The summed E-state index contributed by atoms with van der Waals surface area (Å²) in [6.07, 6.45) is 3.34. The number of aromatic nitrogens is 2. The smallest absolute Gasteiger partial charge is 0.196 e. The Morgan fingerprint density at radius 1 is 1.25 bits per heavy atom. The average Bonchev–Trinajstić information content (AvgIpc) is 3.27. The van der Waals surface area contributed by atoms with Crippen LogP contribution in [0.2, 0.25) is 0 Å². The molecule has 8 heteroatoms. The van der Waals surface area contributed by atoms with Gasteiger partial charge in [-0.3, -0.25) is 9.80 Å². The molecule has 2 aromatic carbocycles. The third-order valence-electron chi connectivity index (χ3n) is 5.58. The second-order valence-electron chi connectivity index (χ2n) is 7.47. The van der Waals surface area contributed by atoms with Crippen LogP contribution in [-0.4, -0.2) is 38.2 Å². The maximum atomic E-state index is 13.7. The minimum Gasteiger partial charge on any atom is -0.503 e. The fourth-order valence-corrected chi connectivity index (χ4v) is 4.10. The van der Waals surface area contributed by atoms with Gasteiger partial charge in [0.05, 0.1) is 17.7 Å². The quantitative estimate of drug-likeness (QED) is 0.378. The number of rotatable bonds is 5. The average molecular weight is 429 g/mol. The standard InChI is InChI=1S/C24H20FN5O2/c1-15(31)23(32)22-24-28-11-12-29(24)14-20(30(22)27-2)21(18-7-9-19(25)10-8-18)17-5-3-16(13-26)4-6-17/h3-12,20-21,32H,2,14H2,1H3/b23-22+/t20-,21-/m1/s1. The Hall–Kier alpha value is -4.25. The summed E-state index contributed by atoms with van der Waals surface area (Å²) in [5, 5.41) is 25.5. The number of hydrogen-bond donors (Lipinski definition) is 1. The van der Waals surface area contributed by atoms with Crippen molar-refractivity contribution in [2.75, 3.05) is 0 Å². The number of carbonyl (C=O) groups excluding carboxylic acids is 1. The fourth-order valence-electron chi connectivity index (χ4n) is 4.10. The van der Waals surface area contributed by atoms with Crippen molar-refractivity contribution in [2.45, 2.75) is 25.4 Å². The first kappa shape index (κ1) is 21.0. The summed E-state index contributed by atoms with van der Waals surface area (Å²) in [7, 11) is 0. The molecule has 4 rings (SSSR count). The number of aliphatic hydroxyl groups is 1. The van der Waals surface area contributed by atoms with Gasteiger partial charge in [-0.1, -0.05) is 24.3 Å². The number of allylic oxidation sites excluding steroid dienone is 1. The lowest BCUT2D eigenvalue weighted by molar-refractivity contribution is -0.116. The Bertz CT molecular complexity index is 1240. The highest BCUT2D eigenvalue weighted by Crippen LogP contribution is 2.39. The molecule has 0 spiro atoms. The van der Waals surface area contributed by atoms with E-state index in [-0.39, 0.29) is 17.4 Å². The zero-order valence-electron chi connectivity index (χ0n) is 17.3. The van der Waals surface area contributed by atoms with Crippen LogP contribution in [0.15, 0.2) is 71.8 Å². The van der Waals surface area contributed by atoms with Gasteiger partial charge in [0.25, 0.3) is 0 Å². The number of hydrazone groups is 1. The number of carbonyl (C=O) groups is 1. The first-order valence-electron chi connectivity index (χ1n) is 9.91. The molecule has 1 N–H and O–H groups in total. The van der Waals surface area contributed by atoms with Crippen molar-refractivity contribution < 1.29 is 14.3 Å². The van der Waals surface area contributed by atoms with Gasteiger partial charge in [0, 0.05) is 38.5 Å². The molecule has 2 heterocycles. The molecule has 1 aromatic heterocycles. The predicted octanol–water partition coefficient (Wildman–Crippen LogP) is 3.84. The zero-order chi connectivity index (χ0) is 22.8. The van der Waals surface area contributed by atoms with Crippen molar-refractivity contribution in [1.29, 1.82) is 5.26 Å². The number of benzene rings is 2. The summed E-state index contributed by atoms with van der Waals surface area (Å²) in [5.41, 5.74) is 2.34. The van der Waals surface area contributed by atoms with Crippen molar-refractivity contribution in [3.05, 3.63) is 95.0 Å². The van der Waals surface area contributed by atoms with E-state index in [1.165, 1.54) is 24.1 Å². The van der Waals surface area contributed by atoms with Gasteiger partial charge in [-0.05, 0) is 35.4 Å². The van der Waals surface area contributed by atoms with E-state index in [9.17, 15) is 19.6 Å². The van der Waals surface area contributed by atoms with Gasteiger partial charge >= 0.3 is 0 Å². The fraction of sp³-hybridized carbons (Fsp3) is 0.167. The molecule has 1 aliphatic heterocycles. The lowest BCUT2D eigenvalue weighted by Gasteiger charge is -2.40. The Morgan fingerprint density at radius 2 is 1.88 bits per heavy atom. The highest BCUT2D eigenvalue weighted by Gasteiger charge is 2.39. The zero-order valence-corrected chi connectivity index (χ0v) is 17.3. The van der Waals surface area contributed by atoms with Crippen molar-refractivity contribution in [1.82, 2.24) is 14.6 Å². The molecule has 0 saturated heterocycles. The molecule has 0 saturated carbocycles. The molecule has 2 atom stereocenters. The number of ketones is 1. The maximum absolute atomic E-state index is 13.7. The summed E-state index contributed by atoms with van der Waals surface area (Å²) < 4.78 is 15.5. The van der Waals surface area contributed by atoms with Crippen LogP contribution in [0.3, 0.4) is 0 Å². The van der Waals surface area contributed by atoms with Gasteiger partial charge in [-0.25, -0.2) is 9.37 Å². The molecule has 3 aromatic rings. The first-order chi connectivity index (χ1) is 15.4. The van der Waals surface area contributed by atoms with Gasteiger partial charge in [0.2, 0.25) is 0 Å². The Kier molecular flexibility index (Phi) is 5.56. The number of halogens is 1. The molecular formula is C24H20FN5O2. The SMILES string of the molecule is C=NN1/C(=C(/O)C(C)=O)c2nccn2C[C@@H]1[C@@H](c1ccc(F)cc1)c1ccc(C#N)cc1. The van der Waals surface area contributed by atoms with Crippen LogP contribution >= 0.6 is 0 Å². The van der Waals surface area contributed by atoms with Crippen LogP contribution in [0.1, 0.15) is 35.4 Å². The molecule has 160 valence electrons. The molecule has 0 radical (unpaired) electrons. The van der Waals surface area contributed by atoms with E-state index in [0.29, 0.717) is 17.9 Å². The number of nitrogens with zero attached hydrogens (tertiary/aromatic N) is 5. The van der Waals surface area contributed by atoms with Gasteiger partial charge in [0.1, 0.15) is 11.5 Å². The number of nitriles is 1. The van der Waals surface area contributed by atoms with E-state index in [1.54, 1.807) is 36.7 Å². The lowest BCUT2D eigenvalue weighted by Crippen LogP contribution is -2.44. The summed E-state index contributed by atoms with van der Waals surface area (Å²) >= 11 is 0. The maximum Gasteiger partial charge on any atom is 0.196 e. The van der Waals surface area contributed by atoms with Crippen molar-refractivity contribution >= 4 is 18.2 Å². The summed E-state index contributed by atoms with van der Waals surface area (Å²) in [5.74, 6) is -1.30. The normalized spacial score (nSPS) is 17.8. The largest absolute Gasteiger partial charge is 0.503 e. The highest BCUT2D eigenvalue weighted by atomic mass is 19.1. The van der Waals surface area contributed by atoms with E-state index in [0.717, 1.165) is 11.1 Å². The van der Waals surface area contributed by atoms with E-state index >= 15 is 0 Å². The summed E-state index contributed by atoms with van der Waals surface area (Å²) in [6.45, 7) is 5.36. The number of Topliss-reactive ketones (excluding diaryl/α,β-unsaturated/α-hetero) is 1. The van der Waals surface area contributed by atoms with Crippen molar-refractivity contribution in [3.63, 3.8) is 0 Å². The lowest BCUT2D eigenvalue weighted by atomic mass is 9.83. The number of fused-ring (bicyclic) bond motifs is 1. The topological polar surface area (TPSA) is 94.5 Å². The van der Waals surface area contributed by atoms with Gasteiger partial charge in [-0.2, -0.15) is 10.4 Å². The van der Waals surface area contributed by atoms with Gasteiger partial charge in [0.15, 0.2) is 17.4 Å². The monoisotopic (exact) mass is 429 g/mol. The molecule has 7 nitrogen and oxygen atoms in total. The molecule has 0 fully saturated rings. The van der Waals surface area contributed by atoms with E-state index in [4.69, 9.17) is 0 Å². The molecule has 0 bridgehead atoms. The Labute approximate surface area is 184 Å². The van der Waals surface area contributed by atoms with Crippen LogP contribution < -0.4 is 0 Å². The van der Waals surface area contributed by atoms with Crippen LogP contribution in [0.5, 0.6) is 0 Å². The van der Waals surface area contributed by atoms with Crippen LogP contribution in [-0.2, 0) is 11.3 Å². The van der Waals surface area contributed by atoms with Gasteiger partial charge < -0.3 is 9.67 Å². The van der Waals surface area contributed by atoms with Crippen LogP contribution in [0.4, 0.5) is 4.39 Å². The summed E-state index contributed by atoms with van der Waals surface area (Å²) in [6, 6.07) is 14.9. The number of imidazole rings is 1. The van der Waals surface area contributed by atoms with Crippen LogP contribution in [0.25, 0.3) is 5.70 Å². The van der Waals surface area contributed by atoms with E-state index in [2.05, 4.69) is 22.9 Å². The van der Waals surface area contributed by atoms with Crippen molar-refractivity contribution in [2.24, 2.45) is 5.10 Å². The molecule has 0 unspecified atom stereocenters. The summed E-state index contributed by atoms with van der Waals surface area (Å²) in [4.78, 5) is 16.3. The Balaban J connectivity index is 1.92. The minimum absolute atomic E-state index is 0.162. The van der Waals surface area contributed by atoms with Gasteiger partial charge in [-0.15, -0.1) is 0 Å². The highest BCUT2D eigenvalue weighted by molar-refractivity contribution is 5.97. The van der Waals surface area contributed by atoms with Crippen LogP contribution in [0, 0.1) is 17.1 Å². The molecule has 32 heavy (non-hydrogen) atoms. The third kappa shape index (κ3) is 3.65. The molecule has 1 aliphatic rings. The molecule has 0 amide bonds. The third-order valence-corrected chi connectivity index (χ3v) is 5.58. The van der Waals surface area contributed by atoms with E-state index < -0.39 is 17.6 Å². The second-order valence-corrected chi connectivity index (χ2v) is 7.47. The molecular weight excluding hydrogens is 409 g/mol. The first-order valence-corrected chi connectivity index (χ1v) is 9.91. The van der Waals surface area contributed by atoms with E-state index in [1.807, 2.05) is 16.7 Å². The second kappa shape index (κ2) is 8.47. The Morgan fingerprint density at radius 3 is 2.44 bits per heavy atom. The predicted molar refractivity (Wildman–Crippen MR) is 117 cm³/mol.